The minimum Gasteiger partial charge on any atom is -0.352 e. The van der Waals surface area contributed by atoms with Crippen LogP contribution in [0.25, 0.3) is 0 Å². The van der Waals surface area contributed by atoms with Crippen LogP contribution in [0.5, 0.6) is 0 Å². The second-order valence-electron chi connectivity index (χ2n) is 8.79. The van der Waals surface area contributed by atoms with Gasteiger partial charge >= 0.3 is 0 Å². The van der Waals surface area contributed by atoms with Gasteiger partial charge in [-0.2, -0.15) is 0 Å². The molecular weight excluding hydrogens is 495 g/mol. The van der Waals surface area contributed by atoms with E-state index >= 15 is 0 Å². The third-order valence-electron chi connectivity index (χ3n) is 5.95. The maximum atomic E-state index is 13.6. The van der Waals surface area contributed by atoms with Gasteiger partial charge in [0.25, 0.3) is 0 Å². The molecule has 3 aromatic rings. The van der Waals surface area contributed by atoms with Gasteiger partial charge in [0, 0.05) is 29.8 Å². The summed E-state index contributed by atoms with van der Waals surface area (Å²) in [5, 5.41) is 3.72. The van der Waals surface area contributed by atoms with Crippen molar-refractivity contribution in [1.29, 1.82) is 0 Å². The zero-order valence-corrected chi connectivity index (χ0v) is 22.2. The molecule has 2 atom stereocenters. The first-order chi connectivity index (χ1) is 17.4. The first-order valence-electron chi connectivity index (χ1n) is 12.1. The molecular formula is C29H32ClFN2O2S. The van der Waals surface area contributed by atoms with E-state index in [4.69, 9.17) is 11.6 Å². The summed E-state index contributed by atoms with van der Waals surface area (Å²) in [5.74, 6) is 0.192. The predicted molar refractivity (Wildman–Crippen MR) is 146 cm³/mol. The van der Waals surface area contributed by atoms with Crippen molar-refractivity contribution >= 4 is 35.2 Å². The first kappa shape index (κ1) is 27.8. The fourth-order valence-corrected chi connectivity index (χ4v) is 4.70. The molecule has 0 radical (unpaired) electrons. The highest BCUT2D eigenvalue weighted by Crippen LogP contribution is 2.20. The number of benzene rings is 3. The standard InChI is InChI=1S/C29H32ClFN2O2S/c1-3-21(2)32-29(35)27(17-22-7-5-4-6-8-22)33(18-23-11-15-26(31)16-12-23)28(34)20-36-19-24-9-13-25(30)14-10-24/h4-16,21,27H,3,17-20H2,1-2H3,(H,32,35)/t21-,27+/m1/s1. The molecule has 2 amide bonds. The topological polar surface area (TPSA) is 49.4 Å². The number of hydrogen-bond donors (Lipinski definition) is 1. The molecule has 0 aliphatic rings. The molecule has 3 aromatic carbocycles. The third-order valence-corrected chi connectivity index (χ3v) is 7.19. The van der Waals surface area contributed by atoms with Crippen LogP contribution in [0, 0.1) is 5.82 Å². The Morgan fingerprint density at radius 1 is 0.944 bits per heavy atom. The Morgan fingerprint density at radius 3 is 2.22 bits per heavy atom. The Bertz CT molecular complexity index is 1110. The number of amides is 2. The van der Waals surface area contributed by atoms with E-state index < -0.39 is 6.04 Å². The lowest BCUT2D eigenvalue weighted by molar-refractivity contribution is -0.139. The van der Waals surface area contributed by atoms with Crippen LogP contribution in [0.4, 0.5) is 4.39 Å². The minimum absolute atomic E-state index is 0.0159. The number of rotatable bonds is 12. The van der Waals surface area contributed by atoms with Crippen LogP contribution in [0.2, 0.25) is 5.02 Å². The van der Waals surface area contributed by atoms with E-state index in [1.54, 1.807) is 17.0 Å². The molecule has 0 spiro atoms. The fraction of sp³-hybridized carbons (Fsp3) is 0.310. The summed E-state index contributed by atoms with van der Waals surface area (Å²) in [6, 6.07) is 22.6. The minimum atomic E-state index is -0.699. The van der Waals surface area contributed by atoms with Crippen LogP contribution in [0.3, 0.4) is 0 Å². The van der Waals surface area contributed by atoms with Crippen molar-refractivity contribution in [2.45, 2.75) is 51.1 Å². The molecule has 0 bridgehead atoms. The van der Waals surface area contributed by atoms with Crippen LogP contribution in [-0.4, -0.2) is 34.6 Å². The molecule has 0 saturated heterocycles. The summed E-state index contributed by atoms with van der Waals surface area (Å²) in [6.45, 7) is 4.17. The van der Waals surface area contributed by atoms with E-state index in [-0.39, 0.29) is 36.0 Å². The molecule has 36 heavy (non-hydrogen) atoms. The van der Waals surface area contributed by atoms with Gasteiger partial charge in [-0.15, -0.1) is 11.8 Å². The maximum Gasteiger partial charge on any atom is 0.243 e. The molecule has 190 valence electrons. The van der Waals surface area contributed by atoms with Gasteiger partial charge in [-0.05, 0) is 54.3 Å². The van der Waals surface area contributed by atoms with Gasteiger partial charge in [0.1, 0.15) is 11.9 Å². The van der Waals surface area contributed by atoms with Gasteiger partial charge < -0.3 is 10.2 Å². The van der Waals surface area contributed by atoms with Crippen molar-refractivity contribution in [2.75, 3.05) is 5.75 Å². The van der Waals surface area contributed by atoms with E-state index in [1.165, 1.54) is 23.9 Å². The number of halogens is 2. The summed E-state index contributed by atoms with van der Waals surface area (Å²) in [6.07, 6.45) is 1.17. The maximum absolute atomic E-state index is 13.6. The third kappa shape index (κ3) is 8.68. The molecule has 1 N–H and O–H groups in total. The number of hydrogen-bond acceptors (Lipinski definition) is 3. The quantitative estimate of drug-likeness (QED) is 0.303. The van der Waals surface area contributed by atoms with Gasteiger partial charge in [0.05, 0.1) is 5.75 Å². The Hall–Kier alpha value is -2.83. The average Bonchev–Trinajstić information content (AvgIpc) is 2.88. The molecule has 7 heteroatoms. The van der Waals surface area contributed by atoms with E-state index in [2.05, 4.69) is 5.32 Å². The van der Waals surface area contributed by atoms with Crippen molar-refractivity contribution in [1.82, 2.24) is 10.2 Å². The summed E-state index contributed by atoms with van der Waals surface area (Å²) in [4.78, 5) is 28.7. The number of carbonyl (C=O) groups excluding carboxylic acids is 2. The highest BCUT2D eigenvalue weighted by Gasteiger charge is 2.30. The van der Waals surface area contributed by atoms with Crippen molar-refractivity contribution < 1.29 is 14.0 Å². The SMILES string of the molecule is CC[C@@H](C)NC(=O)[C@H](Cc1ccccc1)N(Cc1ccc(F)cc1)C(=O)CSCc1ccc(Cl)cc1. The largest absolute Gasteiger partial charge is 0.352 e. The number of nitrogens with one attached hydrogen (secondary N) is 1. The van der Waals surface area contributed by atoms with Crippen molar-refractivity contribution in [2.24, 2.45) is 0 Å². The molecule has 0 unspecified atom stereocenters. The van der Waals surface area contributed by atoms with Crippen LogP contribution < -0.4 is 5.32 Å². The van der Waals surface area contributed by atoms with Crippen LogP contribution in [0.1, 0.15) is 37.0 Å². The Balaban J connectivity index is 1.84. The van der Waals surface area contributed by atoms with Gasteiger partial charge in [-0.3, -0.25) is 9.59 Å². The molecule has 0 aromatic heterocycles. The van der Waals surface area contributed by atoms with Gasteiger partial charge in [-0.25, -0.2) is 4.39 Å². The molecule has 0 heterocycles. The average molecular weight is 527 g/mol. The normalized spacial score (nSPS) is 12.6. The van der Waals surface area contributed by atoms with Crippen LogP contribution in [-0.2, 0) is 28.3 Å². The molecule has 0 fully saturated rings. The van der Waals surface area contributed by atoms with E-state index in [0.717, 1.165) is 23.1 Å². The first-order valence-corrected chi connectivity index (χ1v) is 13.6. The molecule has 0 saturated carbocycles. The number of thioether (sulfide) groups is 1. The van der Waals surface area contributed by atoms with Gasteiger partial charge in [0.2, 0.25) is 11.8 Å². The van der Waals surface area contributed by atoms with Crippen LogP contribution in [0.15, 0.2) is 78.9 Å². The van der Waals surface area contributed by atoms with Crippen molar-refractivity contribution in [3.05, 3.63) is 106 Å². The Kier molecular flexibility index (Phi) is 10.8. The second kappa shape index (κ2) is 14.0. The lowest BCUT2D eigenvalue weighted by atomic mass is 10.0. The predicted octanol–water partition coefficient (Wildman–Crippen LogP) is 6.27. The van der Waals surface area contributed by atoms with E-state index in [1.807, 2.05) is 68.4 Å². The lowest BCUT2D eigenvalue weighted by Crippen LogP contribution is -2.52. The highest BCUT2D eigenvalue weighted by atomic mass is 35.5. The van der Waals surface area contributed by atoms with Gasteiger partial charge in [0.15, 0.2) is 0 Å². The Morgan fingerprint density at radius 2 is 1.58 bits per heavy atom. The summed E-state index contributed by atoms with van der Waals surface area (Å²) in [7, 11) is 0. The van der Waals surface area contributed by atoms with Crippen molar-refractivity contribution in [3.63, 3.8) is 0 Å². The van der Waals surface area contributed by atoms with E-state index in [9.17, 15) is 14.0 Å². The molecule has 4 nitrogen and oxygen atoms in total. The van der Waals surface area contributed by atoms with E-state index in [0.29, 0.717) is 17.2 Å². The molecule has 0 aliphatic carbocycles. The molecule has 0 aliphatic heterocycles. The number of nitrogens with zero attached hydrogens (tertiary/aromatic N) is 1. The molecule has 3 rings (SSSR count). The van der Waals surface area contributed by atoms with Gasteiger partial charge in [-0.1, -0.05) is 73.1 Å². The smallest absolute Gasteiger partial charge is 0.243 e. The zero-order chi connectivity index (χ0) is 25.9. The second-order valence-corrected chi connectivity index (χ2v) is 10.2. The summed E-state index contributed by atoms with van der Waals surface area (Å²) < 4.78 is 13.5. The fourth-order valence-electron chi connectivity index (χ4n) is 3.70. The highest BCUT2D eigenvalue weighted by molar-refractivity contribution is 7.99. The Labute approximate surface area is 222 Å². The van der Waals surface area contributed by atoms with Crippen LogP contribution >= 0.6 is 23.4 Å². The lowest BCUT2D eigenvalue weighted by Gasteiger charge is -2.32. The summed E-state index contributed by atoms with van der Waals surface area (Å²) in [5.41, 5.74) is 2.80. The van der Waals surface area contributed by atoms with Crippen molar-refractivity contribution in [3.8, 4) is 0 Å². The monoisotopic (exact) mass is 526 g/mol. The summed E-state index contributed by atoms with van der Waals surface area (Å²) >= 11 is 7.46. The number of carbonyl (C=O) groups is 2. The zero-order valence-electron chi connectivity index (χ0n) is 20.6.